The lowest BCUT2D eigenvalue weighted by Crippen LogP contribution is -1.93. The third-order valence-corrected chi connectivity index (χ3v) is 1.54. The molecule has 1 aromatic rings. The first-order valence-corrected chi connectivity index (χ1v) is 3.86. The number of aliphatic hydroxyl groups is 1. The molecule has 1 N–H and O–H groups in total. The first-order chi connectivity index (χ1) is 5.33. The molecule has 0 aliphatic rings. The number of hydrogen-bond acceptors (Lipinski definition) is 2. The Morgan fingerprint density at radius 2 is 2.27 bits per heavy atom. The smallest absolute Gasteiger partial charge is 0.0434 e. The van der Waals surface area contributed by atoms with Gasteiger partial charge in [0.05, 0.1) is 0 Å². The zero-order chi connectivity index (χ0) is 8.10. The average Bonchev–Trinajstić information content (AvgIpc) is 2.01. The van der Waals surface area contributed by atoms with Crippen LogP contribution in [0, 0.1) is 6.92 Å². The van der Waals surface area contributed by atoms with Crippen molar-refractivity contribution in [1.29, 1.82) is 0 Å². The molecule has 2 nitrogen and oxygen atoms in total. The maximum absolute atomic E-state index is 8.57. The monoisotopic (exact) mass is 151 g/mol. The Bertz CT molecular complexity index is 223. The van der Waals surface area contributed by atoms with Crippen LogP contribution in [0.5, 0.6) is 0 Å². The second kappa shape index (κ2) is 4.09. The van der Waals surface area contributed by atoms with Crippen molar-refractivity contribution in [3.05, 3.63) is 29.6 Å². The van der Waals surface area contributed by atoms with Gasteiger partial charge in [0.25, 0.3) is 0 Å². The molecule has 60 valence electrons. The molecule has 0 saturated carbocycles. The van der Waals surface area contributed by atoms with Crippen molar-refractivity contribution in [2.45, 2.75) is 19.8 Å². The van der Waals surface area contributed by atoms with Gasteiger partial charge in [-0.05, 0) is 31.9 Å². The second-order valence-electron chi connectivity index (χ2n) is 2.60. The molecule has 0 spiro atoms. The fraction of sp³-hybridized carbons (Fsp3) is 0.444. The van der Waals surface area contributed by atoms with Crippen LogP contribution in [0.3, 0.4) is 0 Å². The van der Waals surface area contributed by atoms with E-state index in [0.29, 0.717) is 0 Å². The molecule has 0 aliphatic carbocycles. The molecule has 0 atom stereocenters. The van der Waals surface area contributed by atoms with Crippen LogP contribution in [-0.2, 0) is 6.42 Å². The molecule has 11 heavy (non-hydrogen) atoms. The Morgan fingerprint density at radius 1 is 1.45 bits per heavy atom. The maximum Gasteiger partial charge on any atom is 0.0434 e. The lowest BCUT2D eigenvalue weighted by Gasteiger charge is -1.98. The number of aliphatic hydroxyl groups excluding tert-OH is 1. The Morgan fingerprint density at radius 3 is 2.91 bits per heavy atom. The van der Waals surface area contributed by atoms with E-state index in [9.17, 15) is 0 Å². The Kier molecular flexibility index (Phi) is 3.05. The molecule has 0 saturated heterocycles. The highest BCUT2D eigenvalue weighted by molar-refractivity contribution is 5.09. The highest BCUT2D eigenvalue weighted by Crippen LogP contribution is 2.00. The Hall–Kier alpha value is -0.890. The van der Waals surface area contributed by atoms with E-state index in [1.807, 2.05) is 25.1 Å². The number of aromatic nitrogens is 1. The largest absolute Gasteiger partial charge is 0.396 e. The first-order valence-electron chi connectivity index (χ1n) is 3.86. The van der Waals surface area contributed by atoms with Crippen LogP contribution in [0.1, 0.15) is 17.8 Å². The van der Waals surface area contributed by atoms with Gasteiger partial charge in [0, 0.05) is 18.0 Å². The fourth-order valence-electron chi connectivity index (χ4n) is 0.999. The minimum atomic E-state index is 0.246. The summed E-state index contributed by atoms with van der Waals surface area (Å²) in [5, 5.41) is 8.57. The minimum Gasteiger partial charge on any atom is -0.396 e. The van der Waals surface area contributed by atoms with Crippen LogP contribution in [0.4, 0.5) is 0 Å². The van der Waals surface area contributed by atoms with E-state index in [2.05, 4.69) is 4.98 Å². The molecule has 0 amide bonds. The van der Waals surface area contributed by atoms with Gasteiger partial charge in [-0.2, -0.15) is 0 Å². The van der Waals surface area contributed by atoms with E-state index in [0.717, 1.165) is 24.2 Å². The van der Waals surface area contributed by atoms with Crippen LogP contribution >= 0.6 is 0 Å². The molecule has 0 fully saturated rings. The van der Waals surface area contributed by atoms with E-state index in [1.165, 1.54) is 0 Å². The summed E-state index contributed by atoms with van der Waals surface area (Å²) in [4.78, 5) is 4.30. The molecule has 0 aliphatic heterocycles. The van der Waals surface area contributed by atoms with Gasteiger partial charge < -0.3 is 5.11 Å². The molecular formula is C9H13NO. The highest BCUT2D eigenvalue weighted by Gasteiger charge is 1.92. The normalized spacial score (nSPS) is 10.0. The van der Waals surface area contributed by atoms with Crippen molar-refractivity contribution in [2.75, 3.05) is 6.61 Å². The molecule has 0 radical (unpaired) electrons. The van der Waals surface area contributed by atoms with E-state index >= 15 is 0 Å². The van der Waals surface area contributed by atoms with E-state index in [4.69, 9.17) is 5.11 Å². The van der Waals surface area contributed by atoms with Gasteiger partial charge >= 0.3 is 0 Å². The zero-order valence-electron chi connectivity index (χ0n) is 6.75. The summed E-state index contributed by atoms with van der Waals surface area (Å²) in [5.41, 5.74) is 2.11. The maximum atomic E-state index is 8.57. The van der Waals surface area contributed by atoms with Crippen LogP contribution in [-0.4, -0.2) is 16.7 Å². The van der Waals surface area contributed by atoms with Gasteiger partial charge in [0.2, 0.25) is 0 Å². The van der Waals surface area contributed by atoms with Gasteiger partial charge in [-0.25, -0.2) is 0 Å². The summed E-state index contributed by atoms with van der Waals surface area (Å²) in [5.74, 6) is 0. The van der Waals surface area contributed by atoms with E-state index < -0.39 is 0 Å². The van der Waals surface area contributed by atoms with Crippen LogP contribution < -0.4 is 0 Å². The summed E-state index contributed by atoms with van der Waals surface area (Å²) in [6.45, 7) is 2.22. The molecule has 0 unspecified atom stereocenters. The second-order valence-corrected chi connectivity index (χ2v) is 2.60. The lowest BCUT2D eigenvalue weighted by atomic mass is 10.2. The third kappa shape index (κ3) is 2.68. The topological polar surface area (TPSA) is 33.1 Å². The molecular weight excluding hydrogens is 138 g/mol. The predicted molar refractivity (Wildman–Crippen MR) is 44.4 cm³/mol. The number of hydrogen-bond donors (Lipinski definition) is 1. The highest BCUT2D eigenvalue weighted by atomic mass is 16.2. The predicted octanol–water partition coefficient (Wildman–Crippen LogP) is 1.31. The third-order valence-electron chi connectivity index (χ3n) is 1.54. The van der Waals surface area contributed by atoms with Crippen molar-refractivity contribution >= 4 is 0 Å². The van der Waals surface area contributed by atoms with Gasteiger partial charge in [0.15, 0.2) is 0 Å². The van der Waals surface area contributed by atoms with Crippen LogP contribution in [0.2, 0.25) is 0 Å². The van der Waals surface area contributed by atoms with E-state index in [-0.39, 0.29) is 6.61 Å². The van der Waals surface area contributed by atoms with Crippen molar-refractivity contribution in [3.63, 3.8) is 0 Å². The summed E-state index contributed by atoms with van der Waals surface area (Å²) < 4.78 is 0. The van der Waals surface area contributed by atoms with Crippen molar-refractivity contribution in [1.82, 2.24) is 4.98 Å². The minimum absolute atomic E-state index is 0.246. The van der Waals surface area contributed by atoms with Crippen LogP contribution in [0.15, 0.2) is 18.2 Å². The van der Waals surface area contributed by atoms with Crippen molar-refractivity contribution in [3.8, 4) is 0 Å². The standard InChI is InChI=1S/C9H13NO/c1-8-4-2-5-9(10-8)6-3-7-11/h2,4-5,11H,3,6-7H2,1H3. The molecule has 1 heterocycles. The van der Waals surface area contributed by atoms with Crippen molar-refractivity contribution in [2.24, 2.45) is 0 Å². The number of aryl methyl sites for hydroxylation is 2. The summed E-state index contributed by atoms with van der Waals surface area (Å²) in [6.07, 6.45) is 1.68. The average molecular weight is 151 g/mol. The van der Waals surface area contributed by atoms with Gasteiger partial charge in [0.1, 0.15) is 0 Å². The SMILES string of the molecule is Cc1cccc(CCCO)n1. The lowest BCUT2D eigenvalue weighted by molar-refractivity contribution is 0.288. The quantitative estimate of drug-likeness (QED) is 0.706. The van der Waals surface area contributed by atoms with Gasteiger partial charge in [-0.1, -0.05) is 6.07 Å². The summed E-state index contributed by atoms with van der Waals surface area (Å²) in [7, 11) is 0. The molecule has 1 rings (SSSR count). The number of rotatable bonds is 3. The summed E-state index contributed by atoms with van der Waals surface area (Å²) in [6, 6.07) is 5.96. The molecule has 2 heteroatoms. The molecule has 1 aromatic heterocycles. The Balaban J connectivity index is 2.56. The van der Waals surface area contributed by atoms with E-state index in [1.54, 1.807) is 0 Å². The fourth-order valence-corrected chi connectivity index (χ4v) is 0.999. The van der Waals surface area contributed by atoms with Crippen LogP contribution in [0.25, 0.3) is 0 Å². The molecule has 0 bridgehead atoms. The zero-order valence-corrected chi connectivity index (χ0v) is 6.75. The van der Waals surface area contributed by atoms with Crippen molar-refractivity contribution < 1.29 is 5.11 Å². The Labute approximate surface area is 66.9 Å². The van der Waals surface area contributed by atoms with Gasteiger partial charge in [-0.3, -0.25) is 4.98 Å². The number of nitrogens with zero attached hydrogens (tertiary/aromatic N) is 1. The number of pyridine rings is 1. The van der Waals surface area contributed by atoms with Gasteiger partial charge in [-0.15, -0.1) is 0 Å². The first kappa shape index (κ1) is 8.21. The molecule has 0 aromatic carbocycles. The summed E-state index contributed by atoms with van der Waals surface area (Å²) >= 11 is 0.